The maximum atomic E-state index is 12.6. The molecule has 1 atom stereocenters. The number of amides is 2. The van der Waals surface area contributed by atoms with Crippen LogP contribution in [0.3, 0.4) is 0 Å². The molecule has 32 heavy (non-hydrogen) atoms. The van der Waals surface area contributed by atoms with E-state index < -0.39 is 11.8 Å². The maximum absolute atomic E-state index is 12.6. The normalized spacial score (nSPS) is 14.3. The van der Waals surface area contributed by atoms with Gasteiger partial charge >= 0.3 is 11.8 Å². The summed E-state index contributed by atoms with van der Waals surface area (Å²) in [5, 5.41) is 5.60. The van der Waals surface area contributed by atoms with Crippen molar-refractivity contribution in [3.63, 3.8) is 0 Å². The molecule has 0 aliphatic carbocycles. The fourth-order valence-electron chi connectivity index (χ4n) is 4.27. The van der Waals surface area contributed by atoms with Crippen molar-refractivity contribution in [2.75, 3.05) is 18.4 Å². The highest BCUT2D eigenvalue weighted by molar-refractivity contribution is 6.39. The Hall–Kier alpha value is -3.51. The first-order chi connectivity index (χ1) is 15.5. The van der Waals surface area contributed by atoms with Crippen molar-refractivity contribution in [2.45, 2.75) is 32.9 Å². The van der Waals surface area contributed by atoms with Crippen molar-refractivity contribution >= 4 is 17.5 Å². The fraction of sp³-hybridized carbons (Fsp3) is 0.269. The molecule has 0 saturated heterocycles. The number of nitrogens with one attached hydrogen (secondary N) is 2. The number of aryl methyl sites for hydroxylation is 2. The third-order valence-electron chi connectivity index (χ3n) is 6.05. The number of carbonyl (C=O) groups excluding carboxylic acids is 2. The van der Waals surface area contributed by atoms with E-state index in [9.17, 15) is 9.59 Å². The minimum Gasteiger partial charge on any atom is -0.346 e. The van der Waals surface area contributed by atoms with Crippen LogP contribution in [-0.2, 0) is 22.6 Å². The molecule has 0 radical (unpaired) electrons. The zero-order valence-electron chi connectivity index (χ0n) is 18.5. The smallest absolute Gasteiger partial charge is 0.313 e. The number of fused-ring (bicyclic) bond motifs is 1. The van der Waals surface area contributed by atoms with Crippen LogP contribution in [0.15, 0.2) is 67.0 Å². The second kappa shape index (κ2) is 9.75. The summed E-state index contributed by atoms with van der Waals surface area (Å²) in [5.41, 5.74) is 6.21. The fourth-order valence-corrected chi connectivity index (χ4v) is 4.27. The lowest BCUT2D eigenvalue weighted by atomic mass is 9.97. The Morgan fingerprint density at radius 1 is 0.969 bits per heavy atom. The number of para-hydroxylation sites is 1. The number of hydrogen-bond acceptors (Lipinski definition) is 4. The van der Waals surface area contributed by atoms with Crippen molar-refractivity contribution in [2.24, 2.45) is 0 Å². The first kappa shape index (κ1) is 21.7. The van der Waals surface area contributed by atoms with Gasteiger partial charge in [0.05, 0.1) is 6.04 Å². The molecule has 0 bridgehead atoms. The topological polar surface area (TPSA) is 74.3 Å². The second-order valence-corrected chi connectivity index (χ2v) is 8.22. The van der Waals surface area contributed by atoms with E-state index in [2.05, 4.69) is 44.8 Å². The number of hydrogen-bond donors (Lipinski definition) is 2. The van der Waals surface area contributed by atoms with Gasteiger partial charge in [-0.1, -0.05) is 48.5 Å². The van der Waals surface area contributed by atoms with Gasteiger partial charge in [-0.05, 0) is 54.2 Å². The lowest BCUT2D eigenvalue weighted by molar-refractivity contribution is -0.136. The van der Waals surface area contributed by atoms with Gasteiger partial charge in [0.15, 0.2) is 0 Å². The Morgan fingerprint density at radius 2 is 1.72 bits per heavy atom. The van der Waals surface area contributed by atoms with E-state index in [1.54, 1.807) is 6.20 Å². The molecule has 0 spiro atoms. The first-order valence-electron chi connectivity index (χ1n) is 10.9. The van der Waals surface area contributed by atoms with Crippen LogP contribution in [0.1, 0.15) is 33.9 Å². The summed E-state index contributed by atoms with van der Waals surface area (Å²) in [6.45, 7) is 5.81. The van der Waals surface area contributed by atoms with Crippen molar-refractivity contribution in [1.29, 1.82) is 0 Å². The van der Waals surface area contributed by atoms with Crippen LogP contribution in [-0.4, -0.2) is 34.8 Å². The van der Waals surface area contributed by atoms with Crippen molar-refractivity contribution < 1.29 is 9.59 Å². The number of carbonyl (C=O) groups is 2. The van der Waals surface area contributed by atoms with Crippen LogP contribution in [0.4, 0.5) is 5.69 Å². The van der Waals surface area contributed by atoms with Crippen LogP contribution in [0.25, 0.3) is 0 Å². The molecule has 2 N–H and O–H groups in total. The molecular formula is C26H28N4O2. The first-order valence-corrected chi connectivity index (χ1v) is 10.9. The largest absolute Gasteiger partial charge is 0.346 e. The van der Waals surface area contributed by atoms with Gasteiger partial charge in [-0.15, -0.1) is 0 Å². The Bertz CT molecular complexity index is 1090. The van der Waals surface area contributed by atoms with Gasteiger partial charge in [-0.2, -0.15) is 0 Å². The van der Waals surface area contributed by atoms with Crippen LogP contribution < -0.4 is 10.6 Å². The average Bonchev–Trinajstić information content (AvgIpc) is 2.82. The number of aromatic nitrogens is 1. The van der Waals surface area contributed by atoms with Crippen LogP contribution in [0.5, 0.6) is 0 Å². The third-order valence-corrected chi connectivity index (χ3v) is 6.05. The lowest BCUT2D eigenvalue weighted by Crippen LogP contribution is -2.43. The Morgan fingerprint density at radius 3 is 2.44 bits per heavy atom. The SMILES string of the molecule is Cc1cccc(C)c1NC(=O)C(=O)NC[C@H](c1cccnc1)N1CCc2ccccc2C1. The van der Waals surface area contributed by atoms with E-state index in [4.69, 9.17) is 0 Å². The van der Waals surface area contributed by atoms with Gasteiger partial charge in [0, 0.05) is 37.7 Å². The van der Waals surface area contributed by atoms with E-state index in [0.29, 0.717) is 12.2 Å². The maximum Gasteiger partial charge on any atom is 0.313 e. The third kappa shape index (κ3) is 4.86. The lowest BCUT2D eigenvalue weighted by Gasteiger charge is -2.35. The zero-order valence-corrected chi connectivity index (χ0v) is 18.5. The zero-order chi connectivity index (χ0) is 22.5. The predicted molar refractivity (Wildman–Crippen MR) is 125 cm³/mol. The molecule has 164 valence electrons. The minimum absolute atomic E-state index is 0.0750. The minimum atomic E-state index is -0.656. The van der Waals surface area contributed by atoms with Crippen LogP contribution in [0.2, 0.25) is 0 Å². The monoisotopic (exact) mass is 428 g/mol. The molecule has 1 aromatic heterocycles. The molecule has 0 fully saturated rings. The van der Waals surface area contributed by atoms with Crippen LogP contribution in [0, 0.1) is 13.8 Å². The Balaban J connectivity index is 1.46. The molecule has 6 nitrogen and oxygen atoms in total. The highest BCUT2D eigenvalue weighted by Crippen LogP contribution is 2.27. The standard InChI is InChI=1S/C26H28N4O2/c1-18-7-5-8-19(2)24(18)29-26(32)25(31)28-16-23(21-11-6-13-27-15-21)30-14-12-20-9-3-4-10-22(20)17-30/h3-11,13,15,23H,12,14,16-17H2,1-2H3,(H,28,31)(H,29,32)/t23-/m1/s1. The molecule has 0 unspecified atom stereocenters. The van der Waals surface area contributed by atoms with E-state index in [-0.39, 0.29) is 6.04 Å². The highest BCUT2D eigenvalue weighted by atomic mass is 16.2. The van der Waals surface area contributed by atoms with Gasteiger partial charge in [-0.25, -0.2) is 0 Å². The van der Waals surface area contributed by atoms with Gasteiger partial charge < -0.3 is 10.6 Å². The molecule has 4 rings (SSSR count). The second-order valence-electron chi connectivity index (χ2n) is 8.22. The summed E-state index contributed by atoms with van der Waals surface area (Å²) < 4.78 is 0. The summed E-state index contributed by atoms with van der Waals surface area (Å²) in [4.78, 5) is 31.8. The molecule has 2 amide bonds. The van der Waals surface area contributed by atoms with E-state index in [0.717, 1.165) is 36.2 Å². The van der Waals surface area contributed by atoms with E-state index in [1.807, 2.05) is 50.4 Å². The molecule has 6 heteroatoms. The van der Waals surface area contributed by atoms with Crippen molar-refractivity contribution in [1.82, 2.24) is 15.2 Å². The molecule has 2 aromatic carbocycles. The summed E-state index contributed by atoms with van der Waals surface area (Å²) in [5.74, 6) is -1.30. The molecule has 1 aliphatic heterocycles. The van der Waals surface area contributed by atoms with Gasteiger partial charge in [0.1, 0.15) is 0 Å². The number of rotatable bonds is 5. The van der Waals surface area contributed by atoms with E-state index in [1.165, 1.54) is 11.1 Å². The van der Waals surface area contributed by atoms with E-state index >= 15 is 0 Å². The number of benzene rings is 2. The van der Waals surface area contributed by atoms with Gasteiger partial charge in [0.25, 0.3) is 0 Å². The average molecular weight is 429 g/mol. The molecule has 0 saturated carbocycles. The summed E-state index contributed by atoms with van der Waals surface area (Å²) in [6, 6.07) is 18.0. The summed E-state index contributed by atoms with van der Waals surface area (Å²) in [6.07, 6.45) is 4.52. The molecular weight excluding hydrogens is 400 g/mol. The molecule has 1 aliphatic rings. The quantitative estimate of drug-likeness (QED) is 0.610. The van der Waals surface area contributed by atoms with Crippen molar-refractivity contribution in [3.05, 3.63) is 94.8 Å². The molecule has 2 heterocycles. The summed E-state index contributed by atoms with van der Waals surface area (Å²) in [7, 11) is 0. The van der Waals surface area contributed by atoms with Crippen LogP contribution >= 0.6 is 0 Å². The number of pyridine rings is 1. The number of nitrogens with zero attached hydrogens (tertiary/aromatic N) is 2. The van der Waals surface area contributed by atoms with Gasteiger partial charge in [0.2, 0.25) is 0 Å². The summed E-state index contributed by atoms with van der Waals surface area (Å²) >= 11 is 0. The van der Waals surface area contributed by atoms with Gasteiger partial charge in [-0.3, -0.25) is 19.5 Å². The Kier molecular flexibility index (Phi) is 6.61. The van der Waals surface area contributed by atoms with Crippen molar-refractivity contribution in [3.8, 4) is 0 Å². The number of anilines is 1. The molecule has 3 aromatic rings. The Labute approximate surface area is 188 Å². The highest BCUT2D eigenvalue weighted by Gasteiger charge is 2.26. The predicted octanol–water partition coefficient (Wildman–Crippen LogP) is 3.55.